The number of unbranched alkanes of at least 4 members (excludes halogenated alkanes) is 18. The van der Waals surface area contributed by atoms with Crippen molar-refractivity contribution in [3.05, 3.63) is 268 Å². The van der Waals surface area contributed by atoms with Crippen molar-refractivity contribution in [3.63, 3.8) is 0 Å². The van der Waals surface area contributed by atoms with Crippen LogP contribution >= 0.6 is 0 Å². The van der Waals surface area contributed by atoms with Gasteiger partial charge in [-0.05, 0) is 366 Å². The summed E-state index contributed by atoms with van der Waals surface area (Å²) < 4.78 is 17.3. The molecule has 1 N–H and O–H groups in total. The van der Waals surface area contributed by atoms with Crippen molar-refractivity contribution in [1.82, 2.24) is 0 Å². The molecule has 0 aromatic heterocycles. The average Bonchev–Trinajstić information content (AvgIpc) is 0.822. The monoisotopic (exact) mass is 1960 g/mol. The lowest BCUT2D eigenvalue weighted by Crippen LogP contribution is -2.25. The first-order valence-corrected chi connectivity index (χ1v) is 58.4. The van der Waals surface area contributed by atoms with Gasteiger partial charge in [-0.25, -0.2) is 4.89 Å². The number of hydrogen-bond acceptors (Lipinski definition) is 10. The van der Waals surface area contributed by atoms with Gasteiger partial charge in [-0.3, -0.25) is 10.1 Å². The number of carbonyl (C=O) groups is 1. The van der Waals surface area contributed by atoms with Crippen LogP contribution in [0.3, 0.4) is 0 Å². The molecular formula is C135H186N4O6. The second-order valence-corrected chi connectivity index (χ2v) is 43.4. The first-order valence-electron chi connectivity index (χ1n) is 58.4. The van der Waals surface area contributed by atoms with E-state index in [0.717, 1.165) is 144 Å². The molecule has 5 aliphatic rings. The lowest BCUT2D eigenvalue weighted by atomic mass is 9.76. The fraction of sp³-hybridized carbons (Fsp3) is 0.563. The van der Waals surface area contributed by atoms with Gasteiger partial charge in [-0.2, -0.15) is 21.0 Å². The van der Waals surface area contributed by atoms with Crippen LogP contribution in [0.2, 0.25) is 0 Å². The Kier molecular flexibility index (Phi) is 57.8. The molecule has 2 atom stereocenters. The maximum Gasteiger partial charge on any atom is 0.314 e. The fourth-order valence-corrected chi connectivity index (χ4v) is 22.7. The van der Waals surface area contributed by atoms with Crippen molar-refractivity contribution in [2.24, 2.45) is 41.4 Å². The highest BCUT2D eigenvalue weighted by atomic mass is 17.1. The molecule has 0 spiro atoms. The normalized spacial score (nSPS) is 19.4. The molecule has 10 nitrogen and oxygen atoms in total. The SMILES string of the molecule is CCCC1CCC(c2ccc(C#N)cc2)CC1.CCCCC1CCC(C(OO)c2ccc(-c3ccc(C#N)cc3)cc2)CC1.CCCCCC1CCC(c2ccc(C#N)cc2)CC1.CCCCCCCC1CCC(c2ccc(C#N)cc2)CC1.CCCCCCCCCCc1ccc(-c2ccc(-c3ccc(OC(C)CCCCC)cc3)cc2)cc1C.CCCCOc1ccc(OC(=O)C2CCC(CCCC)CC2)cc1. The van der Waals surface area contributed by atoms with E-state index >= 15 is 0 Å². The standard InChI is InChI=1S/C36H50O.C24H29NO2.C21H32O3.C20H29N.C18H25N.C16H21N/c1-5-7-9-10-11-12-13-15-17-31-18-23-35(28-29(31)3)34-21-19-32(20-22-34)33-24-26-36(27-25-33)37-30(4)16-14-8-6-2;1-2-3-4-18-5-11-22(12-6-18)24(27-26)23-15-13-21(14-16-23)20-9-7-19(17-25)8-10-20;1-3-5-7-17-8-10-18(11-9-17)21(22)24-20-14-12-19(13-15-20)23-16-6-4-2;1-2-3-4-5-6-7-17-8-12-19(13-9-17)20-14-10-18(16-21)11-15-20;1-2-3-4-5-15-6-10-17(11-7-15)18-12-8-16(14-19)9-13-18;1-2-3-13-4-8-15(9-5-13)16-10-6-14(12-17)7-11-16/h18-28,30H,5-17H2,1-4H3;7-10,13-16,18,22,24,26H,2-6,11-12H2,1H3;12-15,17-18H,3-11,16H2,1-2H3;10-11,14-15,17,19H,2-9,12-13H2,1H3;8-9,12-13,15,17H,2-7,10-11H2,1H3;6-7,10-11,13,15H,2-5,8-9H2,1H3. The van der Waals surface area contributed by atoms with Gasteiger partial charge in [0, 0.05) is 0 Å². The second-order valence-electron chi connectivity index (χ2n) is 43.4. The predicted octanol–water partition coefficient (Wildman–Crippen LogP) is 40.1. The zero-order chi connectivity index (χ0) is 103. The highest BCUT2D eigenvalue weighted by molar-refractivity contribution is 5.75. The summed E-state index contributed by atoms with van der Waals surface area (Å²) in [4.78, 5) is 17.3. The molecule has 9 aromatic rings. The van der Waals surface area contributed by atoms with Gasteiger partial charge in [-0.1, -0.05) is 375 Å². The van der Waals surface area contributed by atoms with Crippen LogP contribution in [0.25, 0.3) is 33.4 Å². The molecule has 9 aromatic carbocycles. The van der Waals surface area contributed by atoms with E-state index in [0.29, 0.717) is 17.2 Å². The van der Waals surface area contributed by atoms with Crippen LogP contribution < -0.4 is 14.2 Å². The topological polar surface area (TPSA) is 169 Å². The summed E-state index contributed by atoms with van der Waals surface area (Å²) in [5.41, 5.74) is 18.5. The molecule has 0 aliphatic heterocycles. The van der Waals surface area contributed by atoms with Gasteiger partial charge in [0.2, 0.25) is 0 Å². The Hall–Kier alpha value is -10.1. The Bertz CT molecular complexity index is 5080. The summed E-state index contributed by atoms with van der Waals surface area (Å²) in [5, 5.41) is 44.9. The Morgan fingerprint density at radius 1 is 0.324 bits per heavy atom. The maximum absolute atomic E-state index is 12.3. The Morgan fingerprint density at radius 3 is 1.06 bits per heavy atom. The smallest absolute Gasteiger partial charge is 0.314 e. The molecule has 0 amide bonds. The summed E-state index contributed by atoms with van der Waals surface area (Å²) in [6.07, 6.45) is 69.4. The van der Waals surface area contributed by atoms with E-state index in [1.165, 1.54) is 345 Å². The van der Waals surface area contributed by atoms with Gasteiger partial charge in [0.25, 0.3) is 0 Å². The van der Waals surface area contributed by atoms with Crippen LogP contribution in [0, 0.1) is 93.7 Å². The second kappa shape index (κ2) is 70.7. The number of rotatable bonds is 48. The van der Waals surface area contributed by atoms with E-state index in [9.17, 15) is 10.1 Å². The minimum atomic E-state index is -0.243. The molecule has 0 heterocycles. The van der Waals surface area contributed by atoms with Crippen molar-refractivity contribution in [1.29, 1.82) is 21.0 Å². The van der Waals surface area contributed by atoms with Crippen molar-refractivity contribution in [3.8, 4) is 74.9 Å². The Morgan fingerprint density at radius 2 is 0.648 bits per heavy atom. The lowest BCUT2D eigenvalue weighted by molar-refractivity contribution is -0.296. The molecule has 10 heteroatoms. The summed E-state index contributed by atoms with van der Waals surface area (Å²) in [6.45, 7) is 23.2. The van der Waals surface area contributed by atoms with Gasteiger partial charge in [-0.15, -0.1) is 0 Å². The van der Waals surface area contributed by atoms with E-state index in [1.807, 2.05) is 84.9 Å². The fourth-order valence-electron chi connectivity index (χ4n) is 22.7. The Labute approximate surface area is 880 Å². The van der Waals surface area contributed by atoms with E-state index in [-0.39, 0.29) is 24.1 Å². The van der Waals surface area contributed by atoms with Gasteiger partial charge in [0.15, 0.2) is 0 Å². The molecule has 2 unspecified atom stereocenters. The van der Waals surface area contributed by atoms with Crippen molar-refractivity contribution >= 4 is 5.97 Å². The highest BCUT2D eigenvalue weighted by Gasteiger charge is 2.32. The zero-order valence-corrected chi connectivity index (χ0v) is 91.6. The average molecular weight is 1960 g/mol. The first-order chi connectivity index (χ1) is 71.1. The van der Waals surface area contributed by atoms with Crippen molar-refractivity contribution < 1.29 is 29.1 Å². The van der Waals surface area contributed by atoms with Gasteiger partial charge in [0.05, 0.1) is 65.2 Å². The molecular weight excluding hydrogens is 1770 g/mol. The molecule has 5 aliphatic carbocycles. The van der Waals surface area contributed by atoms with Crippen molar-refractivity contribution in [2.75, 3.05) is 6.61 Å². The molecule has 782 valence electrons. The van der Waals surface area contributed by atoms with Gasteiger partial charge < -0.3 is 14.2 Å². The van der Waals surface area contributed by atoms with Crippen molar-refractivity contribution in [2.45, 2.75) is 440 Å². The van der Waals surface area contributed by atoms with E-state index in [2.05, 4.69) is 221 Å². The van der Waals surface area contributed by atoms with Crippen LogP contribution in [0.4, 0.5) is 0 Å². The Balaban J connectivity index is 0.000000197. The van der Waals surface area contributed by atoms with Crippen LogP contribution in [-0.2, 0) is 16.1 Å². The molecule has 14 rings (SSSR count). The number of nitrogens with zero attached hydrogens (tertiary/aromatic N) is 4. The number of esters is 1. The first kappa shape index (κ1) is 118. The van der Waals surface area contributed by atoms with E-state index in [4.69, 9.17) is 40.1 Å². The number of aryl methyl sites for hydroxylation is 2. The predicted molar refractivity (Wildman–Crippen MR) is 608 cm³/mol. The summed E-state index contributed by atoms with van der Waals surface area (Å²) in [5.74, 6) is 9.58. The minimum absolute atomic E-state index is 0.0661. The third-order valence-corrected chi connectivity index (χ3v) is 32.2. The van der Waals surface area contributed by atoms with Crippen LogP contribution in [0.1, 0.15) is 476 Å². The number of hydrogen-bond donors (Lipinski definition) is 1. The maximum atomic E-state index is 12.3. The number of ether oxygens (including phenoxy) is 3. The molecule has 0 saturated heterocycles. The van der Waals surface area contributed by atoms with Gasteiger partial charge in [0.1, 0.15) is 23.4 Å². The largest absolute Gasteiger partial charge is 0.494 e. The van der Waals surface area contributed by atoms with Crippen LogP contribution in [-0.4, -0.2) is 23.9 Å². The third kappa shape index (κ3) is 44.1. The highest BCUT2D eigenvalue weighted by Crippen LogP contribution is 2.45. The molecule has 0 bridgehead atoms. The number of carbonyl (C=O) groups excluding carboxylic acids is 1. The van der Waals surface area contributed by atoms with Crippen LogP contribution in [0.5, 0.6) is 17.2 Å². The molecule has 0 radical (unpaired) electrons. The minimum Gasteiger partial charge on any atom is -0.494 e. The molecule has 5 saturated carbocycles. The summed E-state index contributed by atoms with van der Waals surface area (Å²) >= 11 is 0. The van der Waals surface area contributed by atoms with Crippen LogP contribution in [0.15, 0.2) is 212 Å². The lowest BCUT2D eigenvalue weighted by Gasteiger charge is -2.32. The third-order valence-electron chi connectivity index (χ3n) is 32.2. The molecule has 5 fully saturated rings. The summed E-state index contributed by atoms with van der Waals surface area (Å²) in [7, 11) is 0. The zero-order valence-electron chi connectivity index (χ0n) is 91.6. The molecule has 145 heavy (non-hydrogen) atoms. The number of nitriles is 4. The summed E-state index contributed by atoms with van der Waals surface area (Å²) in [6, 6.07) is 81.2. The quantitative estimate of drug-likeness (QED) is 0.0127. The van der Waals surface area contributed by atoms with E-state index < -0.39 is 0 Å². The number of benzene rings is 9. The van der Waals surface area contributed by atoms with Gasteiger partial charge >= 0.3 is 5.97 Å². The van der Waals surface area contributed by atoms with E-state index in [1.54, 1.807) is 0 Å².